The second-order valence-corrected chi connectivity index (χ2v) is 7.93. The van der Waals surface area contributed by atoms with Gasteiger partial charge in [-0.2, -0.15) is 0 Å². The molecule has 7 nitrogen and oxygen atoms in total. The number of carboxylic acid groups (broad SMARTS) is 1. The number of hydrazine groups is 1. The van der Waals surface area contributed by atoms with Gasteiger partial charge in [0.25, 0.3) is 5.91 Å². The molecule has 158 valence electrons. The predicted octanol–water partition coefficient (Wildman–Crippen LogP) is 3.75. The van der Waals surface area contributed by atoms with E-state index in [2.05, 4.69) is 10.9 Å². The summed E-state index contributed by atoms with van der Waals surface area (Å²) in [5.41, 5.74) is 6.62. The molecule has 2 rings (SSSR count). The van der Waals surface area contributed by atoms with Gasteiger partial charge in [-0.1, -0.05) is 41.3 Å². The van der Waals surface area contributed by atoms with Crippen molar-refractivity contribution in [2.24, 2.45) is 11.8 Å². The quantitative estimate of drug-likeness (QED) is 0.459. The number of allylic oxidation sites excluding steroid dienone is 2. The standard InChI is InChI=1S/C20H24Cl2N2O5/c1-4-16(29-17-9-12(21)5-6-15(17)22)19(26)24-23-18(25)13-7-10(2)11(3)8-14(13)20(27)28/h5-6,9,13-14,16H,4,7-8H2,1-3H3,(H,23,25)(H,24,26)(H,27,28)/t13-,14+,16+/m1/s1. The summed E-state index contributed by atoms with van der Waals surface area (Å²) in [6, 6.07) is 4.65. The van der Waals surface area contributed by atoms with Gasteiger partial charge in [0.1, 0.15) is 5.75 Å². The van der Waals surface area contributed by atoms with Crippen LogP contribution < -0.4 is 15.6 Å². The first kappa shape index (κ1) is 23.0. The van der Waals surface area contributed by atoms with Crippen LogP contribution in [0, 0.1) is 11.8 Å². The van der Waals surface area contributed by atoms with E-state index in [4.69, 9.17) is 27.9 Å². The third-order valence-electron chi connectivity index (χ3n) is 5.06. The van der Waals surface area contributed by atoms with Crippen molar-refractivity contribution < 1.29 is 24.2 Å². The lowest BCUT2D eigenvalue weighted by Crippen LogP contribution is -2.51. The molecule has 29 heavy (non-hydrogen) atoms. The highest BCUT2D eigenvalue weighted by atomic mass is 35.5. The Morgan fingerprint density at radius 3 is 2.34 bits per heavy atom. The van der Waals surface area contributed by atoms with Gasteiger partial charge < -0.3 is 9.84 Å². The molecule has 1 aromatic carbocycles. The van der Waals surface area contributed by atoms with E-state index in [0.717, 1.165) is 11.1 Å². The van der Waals surface area contributed by atoms with Crippen molar-refractivity contribution in [3.05, 3.63) is 39.4 Å². The Hall–Kier alpha value is -2.25. The topological polar surface area (TPSA) is 105 Å². The number of amides is 2. The van der Waals surface area contributed by atoms with Crippen molar-refractivity contribution in [1.29, 1.82) is 0 Å². The number of halogens is 2. The lowest BCUT2D eigenvalue weighted by atomic mass is 9.76. The molecule has 1 aliphatic carbocycles. The molecule has 9 heteroatoms. The molecule has 0 spiro atoms. The van der Waals surface area contributed by atoms with Crippen LogP contribution in [0.3, 0.4) is 0 Å². The van der Waals surface area contributed by atoms with Gasteiger partial charge in [-0.15, -0.1) is 0 Å². The van der Waals surface area contributed by atoms with Crippen LogP contribution in [0.4, 0.5) is 0 Å². The van der Waals surface area contributed by atoms with Crippen molar-refractivity contribution in [2.75, 3.05) is 0 Å². The fourth-order valence-electron chi connectivity index (χ4n) is 3.17. The van der Waals surface area contributed by atoms with Crippen LogP contribution in [0.5, 0.6) is 5.75 Å². The fraction of sp³-hybridized carbons (Fsp3) is 0.450. The van der Waals surface area contributed by atoms with E-state index in [1.54, 1.807) is 19.1 Å². The summed E-state index contributed by atoms with van der Waals surface area (Å²) in [4.78, 5) is 36.5. The van der Waals surface area contributed by atoms with Gasteiger partial charge in [-0.25, -0.2) is 0 Å². The first-order chi connectivity index (χ1) is 13.6. The number of hydrogen-bond acceptors (Lipinski definition) is 4. The third kappa shape index (κ3) is 5.87. The maximum atomic E-state index is 12.5. The predicted molar refractivity (Wildman–Crippen MR) is 110 cm³/mol. The second-order valence-electron chi connectivity index (χ2n) is 7.09. The summed E-state index contributed by atoms with van der Waals surface area (Å²) >= 11 is 12.0. The Kier molecular flexibility index (Phi) is 7.93. The van der Waals surface area contributed by atoms with Gasteiger partial charge in [-0.3, -0.25) is 25.2 Å². The van der Waals surface area contributed by atoms with Crippen LogP contribution in [-0.2, 0) is 14.4 Å². The first-order valence-electron chi connectivity index (χ1n) is 9.23. The summed E-state index contributed by atoms with van der Waals surface area (Å²) in [6.07, 6.45) is 0.0290. The molecule has 0 heterocycles. The van der Waals surface area contributed by atoms with Crippen LogP contribution in [-0.4, -0.2) is 29.0 Å². The second kappa shape index (κ2) is 9.98. The maximum Gasteiger partial charge on any atom is 0.307 e. The maximum absolute atomic E-state index is 12.5. The summed E-state index contributed by atoms with van der Waals surface area (Å²) in [6.45, 7) is 5.48. The first-order valence-corrected chi connectivity index (χ1v) is 9.99. The normalized spacial score (nSPS) is 20.0. The van der Waals surface area contributed by atoms with E-state index >= 15 is 0 Å². The van der Waals surface area contributed by atoms with E-state index in [0.29, 0.717) is 29.3 Å². The van der Waals surface area contributed by atoms with E-state index in [-0.39, 0.29) is 5.75 Å². The van der Waals surface area contributed by atoms with Gasteiger partial charge in [0, 0.05) is 11.1 Å². The lowest BCUT2D eigenvalue weighted by molar-refractivity contribution is -0.148. The summed E-state index contributed by atoms with van der Waals surface area (Å²) in [7, 11) is 0. The summed E-state index contributed by atoms with van der Waals surface area (Å²) in [5, 5.41) is 10.2. The zero-order valence-corrected chi connectivity index (χ0v) is 17.9. The third-order valence-corrected chi connectivity index (χ3v) is 5.60. The molecule has 0 aromatic heterocycles. The van der Waals surface area contributed by atoms with Crippen LogP contribution in [0.15, 0.2) is 29.3 Å². The number of rotatable bonds is 6. The van der Waals surface area contributed by atoms with E-state index in [9.17, 15) is 19.5 Å². The fourth-order valence-corrected chi connectivity index (χ4v) is 3.49. The molecule has 0 unspecified atom stereocenters. The number of hydrogen-bond donors (Lipinski definition) is 3. The average Bonchev–Trinajstić information content (AvgIpc) is 2.67. The Bertz CT molecular complexity index is 840. The number of carbonyl (C=O) groups excluding carboxylic acids is 2. The molecule has 0 fully saturated rings. The van der Waals surface area contributed by atoms with Crippen molar-refractivity contribution in [3.63, 3.8) is 0 Å². The number of benzene rings is 1. The summed E-state index contributed by atoms with van der Waals surface area (Å²) < 4.78 is 5.62. The number of aliphatic carboxylic acids is 1. The smallest absolute Gasteiger partial charge is 0.307 e. The highest BCUT2D eigenvalue weighted by Crippen LogP contribution is 2.34. The molecular formula is C20H24Cl2N2O5. The molecular weight excluding hydrogens is 419 g/mol. The number of ether oxygens (including phenoxy) is 1. The molecule has 0 radical (unpaired) electrons. The van der Waals surface area contributed by atoms with E-state index < -0.39 is 35.7 Å². The minimum atomic E-state index is -1.03. The largest absolute Gasteiger partial charge is 0.481 e. The minimum Gasteiger partial charge on any atom is -0.481 e. The van der Waals surface area contributed by atoms with Gasteiger partial charge in [0.05, 0.1) is 16.9 Å². The molecule has 0 saturated heterocycles. The lowest BCUT2D eigenvalue weighted by Gasteiger charge is -2.29. The van der Waals surface area contributed by atoms with Crippen molar-refractivity contribution in [2.45, 2.75) is 46.1 Å². The Morgan fingerprint density at radius 1 is 1.14 bits per heavy atom. The number of carboxylic acids is 1. The van der Waals surface area contributed by atoms with Crippen molar-refractivity contribution >= 4 is 41.0 Å². The molecule has 3 N–H and O–H groups in total. The molecule has 0 aliphatic heterocycles. The monoisotopic (exact) mass is 442 g/mol. The van der Waals surface area contributed by atoms with Crippen LogP contribution in [0.25, 0.3) is 0 Å². The highest BCUT2D eigenvalue weighted by molar-refractivity contribution is 6.34. The van der Waals surface area contributed by atoms with Crippen LogP contribution in [0.1, 0.15) is 40.0 Å². The van der Waals surface area contributed by atoms with Crippen LogP contribution >= 0.6 is 23.2 Å². The van der Waals surface area contributed by atoms with E-state index in [1.165, 1.54) is 6.07 Å². The highest BCUT2D eigenvalue weighted by Gasteiger charge is 2.37. The molecule has 0 bridgehead atoms. The zero-order chi connectivity index (χ0) is 21.7. The number of nitrogens with one attached hydrogen (secondary N) is 2. The average molecular weight is 443 g/mol. The van der Waals surface area contributed by atoms with Crippen molar-refractivity contribution in [3.8, 4) is 5.75 Å². The van der Waals surface area contributed by atoms with Gasteiger partial charge >= 0.3 is 5.97 Å². The Morgan fingerprint density at radius 2 is 1.76 bits per heavy atom. The molecule has 1 aliphatic rings. The summed E-state index contributed by atoms with van der Waals surface area (Å²) in [5.74, 6) is -3.51. The van der Waals surface area contributed by atoms with E-state index in [1.807, 2.05) is 13.8 Å². The van der Waals surface area contributed by atoms with Gasteiger partial charge in [-0.05, 0) is 45.2 Å². The van der Waals surface area contributed by atoms with Gasteiger partial charge in [0.15, 0.2) is 6.10 Å². The zero-order valence-electron chi connectivity index (χ0n) is 16.4. The Balaban J connectivity index is 2.01. The number of carbonyl (C=O) groups is 3. The van der Waals surface area contributed by atoms with Crippen molar-refractivity contribution in [1.82, 2.24) is 10.9 Å². The molecule has 2 amide bonds. The molecule has 0 saturated carbocycles. The SMILES string of the molecule is CC[C@H](Oc1cc(Cl)ccc1Cl)C(=O)NNC(=O)[C@@H]1CC(C)=C(C)C[C@@H]1C(=O)O. The van der Waals surface area contributed by atoms with Gasteiger partial charge in [0.2, 0.25) is 5.91 Å². The molecule has 3 atom stereocenters. The van der Waals surface area contributed by atoms with Crippen LogP contribution in [0.2, 0.25) is 10.0 Å². The Labute approximate surface area is 179 Å². The minimum absolute atomic E-state index is 0.252. The molecule has 1 aromatic rings.